The third-order valence-corrected chi connectivity index (χ3v) is 5.92. The Hall–Kier alpha value is 0.300. The third-order valence-electron chi connectivity index (χ3n) is 3.14. The first-order valence-electron chi connectivity index (χ1n) is 6.28. The summed E-state index contributed by atoms with van der Waals surface area (Å²) < 4.78 is 0.812. The molecule has 1 saturated carbocycles. The van der Waals surface area contributed by atoms with E-state index in [4.69, 9.17) is 11.6 Å². The fraction of sp³-hybridized carbons (Fsp3) is 0.692. The lowest BCUT2D eigenvalue weighted by molar-refractivity contribution is 0.201. The second-order valence-electron chi connectivity index (χ2n) is 4.66. The van der Waals surface area contributed by atoms with Gasteiger partial charge in [0.15, 0.2) is 0 Å². The molecule has 1 N–H and O–H groups in total. The molecule has 1 atom stereocenters. The number of aliphatic hydroxyl groups excluding tert-OH is 1. The van der Waals surface area contributed by atoms with Crippen LogP contribution in [0.15, 0.2) is 12.1 Å². The average molecular weight is 291 g/mol. The van der Waals surface area contributed by atoms with Gasteiger partial charge in [0.2, 0.25) is 0 Å². The number of thioether (sulfide) groups is 1. The molecule has 96 valence electrons. The molecule has 1 nitrogen and oxygen atoms in total. The van der Waals surface area contributed by atoms with Crippen LogP contribution >= 0.6 is 34.7 Å². The number of thiophene rings is 1. The van der Waals surface area contributed by atoms with Gasteiger partial charge in [-0.05, 0) is 25.0 Å². The van der Waals surface area contributed by atoms with E-state index in [2.05, 4.69) is 0 Å². The molecule has 2 rings (SSSR count). The molecule has 0 aliphatic heterocycles. The maximum Gasteiger partial charge on any atom is 0.0931 e. The Balaban J connectivity index is 1.68. The number of hydrogen-bond acceptors (Lipinski definition) is 3. The van der Waals surface area contributed by atoms with Gasteiger partial charge < -0.3 is 5.11 Å². The van der Waals surface area contributed by atoms with E-state index in [9.17, 15) is 5.11 Å². The largest absolute Gasteiger partial charge is 0.392 e. The molecule has 1 aliphatic rings. The standard InChI is InChI=1S/C13H19ClOS2/c14-13-7-6-12(17-13)8-10(15)9-16-11-4-2-1-3-5-11/h6-7,10-11,15H,1-5,8-9H2. The van der Waals surface area contributed by atoms with Crippen LogP contribution < -0.4 is 0 Å². The third kappa shape index (κ3) is 4.82. The highest BCUT2D eigenvalue weighted by Crippen LogP contribution is 2.29. The van der Waals surface area contributed by atoms with Crippen LogP contribution in [-0.4, -0.2) is 22.2 Å². The van der Waals surface area contributed by atoms with Crippen LogP contribution in [0, 0.1) is 0 Å². The normalized spacial score (nSPS) is 19.4. The molecule has 0 bridgehead atoms. The Bertz CT molecular complexity index is 334. The highest BCUT2D eigenvalue weighted by atomic mass is 35.5. The molecule has 1 fully saturated rings. The Morgan fingerprint density at radius 2 is 2.12 bits per heavy atom. The first kappa shape index (κ1) is 13.7. The van der Waals surface area contributed by atoms with Gasteiger partial charge in [0, 0.05) is 22.3 Å². The fourth-order valence-electron chi connectivity index (χ4n) is 2.23. The Labute approximate surface area is 117 Å². The molecule has 0 aromatic carbocycles. The van der Waals surface area contributed by atoms with Crippen LogP contribution in [0.25, 0.3) is 0 Å². The number of hydrogen-bond donors (Lipinski definition) is 1. The van der Waals surface area contributed by atoms with Crippen LogP contribution in [0.5, 0.6) is 0 Å². The molecule has 1 unspecified atom stereocenters. The Morgan fingerprint density at radius 3 is 2.76 bits per heavy atom. The Morgan fingerprint density at radius 1 is 1.35 bits per heavy atom. The molecule has 1 heterocycles. The first-order valence-corrected chi connectivity index (χ1v) is 8.52. The van der Waals surface area contributed by atoms with Gasteiger partial charge in [-0.15, -0.1) is 11.3 Å². The van der Waals surface area contributed by atoms with Crippen molar-refractivity contribution < 1.29 is 5.11 Å². The van der Waals surface area contributed by atoms with Crippen molar-refractivity contribution in [3.05, 3.63) is 21.3 Å². The highest BCUT2D eigenvalue weighted by Gasteiger charge is 2.16. The molecular weight excluding hydrogens is 272 g/mol. The van der Waals surface area contributed by atoms with Crippen molar-refractivity contribution in [1.29, 1.82) is 0 Å². The lowest BCUT2D eigenvalue weighted by Gasteiger charge is -2.22. The predicted octanol–water partition coefficient (Wildman–Crippen LogP) is 4.37. The SMILES string of the molecule is OC(CSC1CCCCC1)Cc1ccc(Cl)s1. The molecule has 0 amide bonds. The zero-order chi connectivity index (χ0) is 12.1. The van der Waals surface area contributed by atoms with Gasteiger partial charge in [0.1, 0.15) is 0 Å². The lowest BCUT2D eigenvalue weighted by Crippen LogP contribution is -2.17. The van der Waals surface area contributed by atoms with E-state index in [1.165, 1.54) is 37.0 Å². The van der Waals surface area contributed by atoms with Gasteiger partial charge in [-0.25, -0.2) is 0 Å². The smallest absolute Gasteiger partial charge is 0.0931 e. The highest BCUT2D eigenvalue weighted by molar-refractivity contribution is 7.99. The summed E-state index contributed by atoms with van der Waals surface area (Å²) >= 11 is 9.40. The van der Waals surface area contributed by atoms with Gasteiger partial charge in [-0.1, -0.05) is 30.9 Å². The average Bonchev–Trinajstić information content (AvgIpc) is 2.73. The van der Waals surface area contributed by atoms with E-state index in [-0.39, 0.29) is 6.10 Å². The van der Waals surface area contributed by atoms with Crippen molar-refractivity contribution in [1.82, 2.24) is 0 Å². The van der Waals surface area contributed by atoms with Crippen molar-refractivity contribution in [2.45, 2.75) is 49.9 Å². The summed E-state index contributed by atoms with van der Waals surface area (Å²) in [7, 11) is 0. The van der Waals surface area contributed by atoms with E-state index in [1.807, 2.05) is 23.9 Å². The van der Waals surface area contributed by atoms with Crippen LogP contribution in [0.3, 0.4) is 0 Å². The van der Waals surface area contributed by atoms with Gasteiger partial charge >= 0.3 is 0 Å². The molecule has 17 heavy (non-hydrogen) atoms. The zero-order valence-electron chi connectivity index (χ0n) is 9.90. The summed E-state index contributed by atoms with van der Waals surface area (Å²) in [6.45, 7) is 0. The van der Waals surface area contributed by atoms with E-state index in [0.717, 1.165) is 21.8 Å². The van der Waals surface area contributed by atoms with Crippen LogP contribution in [0.1, 0.15) is 37.0 Å². The minimum atomic E-state index is -0.225. The predicted molar refractivity (Wildman–Crippen MR) is 78.4 cm³/mol. The minimum absolute atomic E-state index is 0.225. The van der Waals surface area contributed by atoms with Crippen LogP contribution in [-0.2, 0) is 6.42 Å². The molecule has 4 heteroatoms. The summed E-state index contributed by atoms with van der Waals surface area (Å²) in [5.41, 5.74) is 0. The van der Waals surface area contributed by atoms with Crippen LogP contribution in [0.4, 0.5) is 0 Å². The van der Waals surface area contributed by atoms with Gasteiger partial charge in [0.25, 0.3) is 0 Å². The number of halogens is 1. The van der Waals surface area contributed by atoms with E-state index < -0.39 is 0 Å². The molecular formula is C13H19ClOS2. The van der Waals surface area contributed by atoms with Crippen molar-refractivity contribution >= 4 is 34.7 Å². The van der Waals surface area contributed by atoms with Crippen molar-refractivity contribution in [2.75, 3.05) is 5.75 Å². The van der Waals surface area contributed by atoms with Gasteiger partial charge in [0.05, 0.1) is 10.4 Å². The lowest BCUT2D eigenvalue weighted by atomic mass is 10.0. The van der Waals surface area contributed by atoms with Gasteiger partial charge in [-0.3, -0.25) is 0 Å². The summed E-state index contributed by atoms with van der Waals surface area (Å²) in [6, 6.07) is 3.92. The molecule has 1 aromatic rings. The summed E-state index contributed by atoms with van der Waals surface area (Å²) in [4.78, 5) is 1.19. The number of rotatable bonds is 5. The van der Waals surface area contributed by atoms with Crippen molar-refractivity contribution in [3.8, 4) is 0 Å². The maximum absolute atomic E-state index is 9.99. The number of aliphatic hydroxyl groups is 1. The van der Waals surface area contributed by atoms with E-state index in [1.54, 1.807) is 11.3 Å². The second kappa shape index (κ2) is 7.03. The first-order chi connectivity index (χ1) is 8.24. The summed E-state index contributed by atoms with van der Waals surface area (Å²) in [6.07, 6.45) is 7.33. The van der Waals surface area contributed by atoms with Crippen molar-refractivity contribution in [2.24, 2.45) is 0 Å². The monoisotopic (exact) mass is 290 g/mol. The van der Waals surface area contributed by atoms with Gasteiger partial charge in [-0.2, -0.15) is 11.8 Å². The topological polar surface area (TPSA) is 20.2 Å². The zero-order valence-corrected chi connectivity index (χ0v) is 12.3. The molecule has 1 aromatic heterocycles. The van der Waals surface area contributed by atoms with Crippen molar-refractivity contribution in [3.63, 3.8) is 0 Å². The Kier molecular flexibility index (Phi) is 5.67. The van der Waals surface area contributed by atoms with E-state index >= 15 is 0 Å². The summed E-state index contributed by atoms with van der Waals surface area (Å²) in [5, 5.41) is 10.8. The quantitative estimate of drug-likeness (QED) is 0.869. The molecule has 0 radical (unpaired) electrons. The maximum atomic E-state index is 9.99. The molecule has 1 aliphatic carbocycles. The molecule has 0 spiro atoms. The minimum Gasteiger partial charge on any atom is -0.392 e. The fourth-order valence-corrected chi connectivity index (χ4v) is 4.67. The molecule has 0 saturated heterocycles. The summed E-state index contributed by atoms with van der Waals surface area (Å²) in [5.74, 6) is 0.861. The van der Waals surface area contributed by atoms with Crippen LogP contribution in [0.2, 0.25) is 4.34 Å². The van der Waals surface area contributed by atoms with E-state index in [0.29, 0.717) is 0 Å². The second-order valence-corrected chi connectivity index (χ2v) is 7.79.